The summed E-state index contributed by atoms with van der Waals surface area (Å²) in [5, 5.41) is 7.89. The maximum absolute atomic E-state index is 11.8. The van der Waals surface area contributed by atoms with Crippen LogP contribution in [0.5, 0.6) is 0 Å². The molecule has 0 saturated heterocycles. The van der Waals surface area contributed by atoms with Crippen LogP contribution in [0.3, 0.4) is 0 Å². The van der Waals surface area contributed by atoms with Gasteiger partial charge in [-0.15, -0.1) is 0 Å². The smallest absolute Gasteiger partial charge is 0.370 e. The molecule has 0 unspecified atom stereocenters. The third kappa shape index (κ3) is 2.69. The van der Waals surface area contributed by atoms with E-state index < -0.39 is 11.8 Å². The first-order chi connectivity index (χ1) is 4.22. The van der Waals surface area contributed by atoms with Crippen LogP contribution in [-0.2, 0) is 9.53 Å². The van der Waals surface area contributed by atoms with E-state index in [0.717, 1.165) is 0 Å². The van der Waals surface area contributed by atoms with Crippen molar-refractivity contribution < 1.29 is 19.0 Å². The first kappa shape index (κ1) is 7.94. The maximum atomic E-state index is 11.8. The van der Waals surface area contributed by atoms with Crippen molar-refractivity contribution >= 4 is 5.97 Å². The summed E-state index contributed by atoms with van der Waals surface area (Å²) < 4.78 is 16.0. The quantitative estimate of drug-likeness (QED) is 0.347. The van der Waals surface area contributed by atoms with Crippen molar-refractivity contribution in [1.29, 1.82) is 0 Å². The second kappa shape index (κ2) is 3.88. The molecule has 0 rings (SSSR count). The number of esters is 1. The van der Waals surface area contributed by atoms with E-state index in [-0.39, 0.29) is 12.9 Å². The lowest BCUT2D eigenvalue weighted by atomic mass is 10.6. The summed E-state index contributed by atoms with van der Waals surface area (Å²) in [5.74, 6) is -2.42. The zero-order valence-corrected chi connectivity index (χ0v) is 4.93. The third-order valence-electron chi connectivity index (χ3n) is 0.584. The average molecular weight is 134 g/mol. The number of aliphatic hydroxyl groups excluding tert-OH is 1. The van der Waals surface area contributed by atoms with Crippen LogP contribution in [0.1, 0.15) is 6.92 Å². The summed E-state index contributed by atoms with van der Waals surface area (Å²) in [4.78, 5) is 10.1. The van der Waals surface area contributed by atoms with Gasteiger partial charge in [0.25, 0.3) is 0 Å². The van der Waals surface area contributed by atoms with E-state index in [9.17, 15) is 9.18 Å². The van der Waals surface area contributed by atoms with Crippen molar-refractivity contribution in [1.82, 2.24) is 0 Å². The first-order valence-electron chi connectivity index (χ1n) is 2.39. The molecule has 0 amide bonds. The van der Waals surface area contributed by atoms with Gasteiger partial charge in [-0.3, -0.25) is 0 Å². The van der Waals surface area contributed by atoms with E-state index in [1.807, 2.05) is 0 Å². The highest BCUT2D eigenvalue weighted by Crippen LogP contribution is 1.96. The monoisotopic (exact) mass is 134 g/mol. The molecule has 3 nitrogen and oxygen atoms in total. The molecular weight excluding hydrogens is 127 g/mol. The van der Waals surface area contributed by atoms with E-state index in [4.69, 9.17) is 5.11 Å². The molecule has 0 atom stereocenters. The SMILES string of the molecule is CCOC(=O)/C(F)=C/O. The van der Waals surface area contributed by atoms with Gasteiger partial charge < -0.3 is 9.84 Å². The predicted molar refractivity (Wildman–Crippen MR) is 28.5 cm³/mol. The lowest BCUT2D eigenvalue weighted by Gasteiger charge is -1.94. The van der Waals surface area contributed by atoms with E-state index in [0.29, 0.717) is 0 Å². The number of rotatable bonds is 2. The molecule has 0 aliphatic carbocycles. The number of carbonyl (C=O) groups excluding carboxylic acids is 1. The molecule has 1 N–H and O–H groups in total. The molecule has 0 aromatic carbocycles. The molecule has 0 spiro atoms. The number of halogens is 1. The molecule has 0 aliphatic heterocycles. The number of hydrogen-bond donors (Lipinski definition) is 1. The molecule has 52 valence electrons. The summed E-state index contributed by atoms with van der Waals surface area (Å²) in [6, 6.07) is 0. The summed E-state index contributed by atoms with van der Waals surface area (Å²) in [5.41, 5.74) is 0. The Kier molecular flexibility index (Phi) is 3.43. The lowest BCUT2D eigenvalue weighted by Crippen LogP contribution is -2.03. The molecule has 4 heteroatoms. The van der Waals surface area contributed by atoms with Crippen molar-refractivity contribution in [3.05, 3.63) is 12.1 Å². The van der Waals surface area contributed by atoms with Crippen LogP contribution in [0, 0.1) is 0 Å². The van der Waals surface area contributed by atoms with Crippen LogP contribution in [0.25, 0.3) is 0 Å². The highest BCUT2D eigenvalue weighted by atomic mass is 19.1. The summed E-state index contributed by atoms with van der Waals surface area (Å²) in [6.07, 6.45) is 0.0675. The Hall–Kier alpha value is -1.06. The highest BCUT2D eigenvalue weighted by molar-refractivity contribution is 5.85. The van der Waals surface area contributed by atoms with Crippen molar-refractivity contribution in [3.63, 3.8) is 0 Å². The minimum atomic E-state index is -1.28. The van der Waals surface area contributed by atoms with Crippen LogP contribution in [0.4, 0.5) is 4.39 Å². The van der Waals surface area contributed by atoms with Crippen LogP contribution in [0.15, 0.2) is 12.1 Å². The minimum Gasteiger partial charge on any atom is -0.512 e. The average Bonchev–Trinajstić information content (AvgIpc) is 1.87. The van der Waals surface area contributed by atoms with Crippen LogP contribution >= 0.6 is 0 Å². The van der Waals surface area contributed by atoms with Gasteiger partial charge in [0, 0.05) is 0 Å². The zero-order valence-electron chi connectivity index (χ0n) is 4.93. The fourth-order valence-electron chi connectivity index (χ4n) is 0.253. The Morgan fingerprint density at radius 1 is 1.89 bits per heavy atom. The fraction of sp³-hybridized carbons (Fsp3) is 0.400. The predicted octanol–water partition coefficient (Wildman–Crippen LogP) is 0.918. The third-order valence-corrected chi connectivity index (χ3v) is 0.584. The summed E-state index contributed by atoms with van der Waals surface area (Å²) in [7, 11) is 0. The van der Waals surface area contributed by atoms with Gasteiger partial charge in [-0.05, 0) is 6.92 Å². The molecule has 0 aliphatic rings. The number of carbonyl (C=O) groups is 1. The van der Waals surface area contributed by atoms with Crippen molar-refractivity contribution in [3.8, 4) is 0 Å². The Morgan fingerprint density at radius 3 is 2.78 bits per heavy atom. The topological polar surface area (TPSA) is 46.5 Å². The Balaban J connectivity index is 3.74. The normalized spacial score (nSPS) is 11.1. The van der Waals surface area contributed by atoms with Gasteiger partial charge in [-0.1, -0.05) is 0 Å². The van der Waals surface area contributed by atoms with Gasteiger partial charge >= 0.3 is 5.97 Å². The molecule has 0 aromatic heterocycles. The summed E-state index contributed by atoms with van der Waals surface area (Å²) in [6.45, 7) is 1.64. The maximum Gasteiger partial charge on any atom is 0.370 e. The number of aliphatic hydroxyl groups is 1. The fourth-order valence-corrected chi connectivity index (χ4v) is 0.253. The zero-order chi connectivity index (χ0) is 7.28. The molecule has 0 aromatic rings. The molecule has 0 radical (unpaired) electrons. The van der Waals surface area contributed by atoms with E-state index in [2.05, 4.69) is 4.74 Å². The number of hydrogen-bond acceptors (Lipinski definition) is 3. The number of ether oxygens (including phenoxy) is 1. The van der Waals surface area contributed by atoms with Gasteiger partial charge in [0.15, 0.2) is 0 Å². The molecule has 0 saturated carbocycles. The van der Waals surface area contributed by atoms with Crippen molar-refractivity contribution in [2.24, 2.45) is 0 Å². The molecule has 0 heterocycles. The van der Waals surface area contributed by atoms with E-state index >= 15 is 0 Å². The van der Waals surface area contributed by atoms with Crippen molar-refractivity contribution in [2.45, 2.75) is 6.92 Å². The van der Waals surface area contributed by atoms with Gasteiger partial charge in [-0.2, -0.15) is 4.39 Å². The standard InChI is InChI=1S/C5H7FO3/c1-2-9-5(8)4(6)3-7/h3,7H,2H2,1H3/b4-3-. The molecular formula is C5H7FO3. The minimum absolute atomic E-state index is 0.0675. The molecule has 9 heavy (non-hydrogen) atoms. The van der Waals surface area contributed by atoms with Gasteiger partial charge in [0.2, 0.25) is 5.83 Å². The van der Waals surface area contributed by atoms with Crippen LogP contribution in [-0.4, -0.2) is 17.7 Å². The highest BCUT2D eigenvalue weighted by Gasteiger charge is 2.07. The summed E-state index contributed by atoms with van der Waals surface area (Å²) >= 11 is 0. The second-order valence-corrected chi connectivity index (χ2v) is 1.20. The van der Waals surface area contributed by atoms with E-state index in [1.165, 1.54) is 0 Å². The van der Waals surface area contributed by atoms with Gasteiger partial charge in [-0.25, -0.2) is 4.79 Å². The van der Waals surface area contributed by atoms with Crippen LogP contribution in [0.2, 0.25) is 0 Å². The largest absolute Gasteiger partial charge is 0.512 e. The van der Waals surface area contributed by atoms with Crippen LogP contribution < -0.4 is 0 Å². The molecule has 0 bridgehead atoms. The Labute approximate surface area is 51.7 Å². The Bertz CT molecular complexity index is 130. The molecule has 0 fully saturated rings. The second-order valence-electron chi connectivity index (χ2n) is 1.20. The van der Waals surface area contributed by atoms with Gasteiger partial charge in [0.05, 0.1) is 6.61 Å². The Morgan fingerprint density at radius 2 is 2.44 bits per heavy atom. The van der Waals surface area contributed by atoms with Gasteiger partial charge in [0.1, 0.15) is 6.26 Å². The first-order valence-corrected chi connectivity index (χ1v) is 2.39. The lowest BCUT2D eigenvalue weighted by molar-refractivity contribution is -0.140. The van der Waals surface area contributed by atoms with E-state index in [1.54, 1.807) is 6.92 Å². The van der Waals surface area contributed by atoms with Crippen molar-refractivity contribution in [2.75, 3.05) is 6.61 Å².